The summed E-state index contributed by atoms with van der Waals surface area (Å²) in [6.45, 7) is 9.79. The molecule has 1 amide bonds. The Bertz CT molecular complexity index is 551. The maximum Gasteiger partial charge on any atom is 0.410 e. The minimum Gasteiger partial charge on any atom is -0.444 e. The van der Waals surface area contributed by atoms with Crippen LogP contribution in [0.5, 0.6) is 0 Å². The molecular formula is C21H32N2O2. The third-order valence-corrected chi connectivity index (χ3v) is 5.52. The van der Waals surface area contributed by atoms with Crippen LogP contribution in [0.3, 0.4) is 0 Å². The van der Waals surface area contributed by atoms with Gasteiger partial charge in [-0.2, -0.15) is 0 Å². The number of piperidine rings is 2. The predicted octanol–water partition coefficient (Wildman–Crippen LogP) is 4.55. The third-order valence-electron chi connectivity index (χ3n) is 5.52. The number of para-hydroxylation sites is 1. The van der Waals surface area contributed by atoms with Gasteiger partial charge in [-0.15, -0.1) is 0 Å². The number of hydrogen-bond donors (Lipinski definition) is 0. The van der Waals surface area contributed by atoms with Gasteiger partial charge in [0.15, 0.2) is 0 Å². The van der Waals surface area contributed by atoms with Crippen LogP contribution < -0.4 is 4.90 Å². The van der Waals surface area contributed by atoms with Gasteiger partial charge in [-0.1, -0.05) is 18.2 Å². The highest BCUT2D eigenvalue weighted by Crippen LogP contribution is 2.34. The maximum absolute atomic E-state index is 12.2. The number of amides is 1. The smallest absolute Gasteiger partial charge is 0.410 e. The van der Waals surface area contributed by atoms with Crippen LogP contribution in [-0.4, -0.2) is 42.8 Å². The van der Waals surface area contributed by atoms with Crippen molar-refractivity contribution in [1.29, 1.82) is 0 Å². The summed E-state index contributed by atoms with van der Waals surface area (Å²) in [6, 6.07) is 10.7. The number of benzene rings is 1. The zero-order valence-electron chi connectivity index (χ0n) is 15.9. The number of hydrogen-bond acceptors (Lipinski definition) is 3. The molecule has 2 fully saturated rings. The van der Waals surface area contributed by atoms with Crippen LogP contribution >= 0.6 is 0 Å². The molecule has 1 aromatic rings. The highest BCUT2D eigenvalue weighted by Gasteiger charge is 2.32. The Morgan fingerprint density at radius 1 is 0.920 bits per heavy atom. The first-order valence-corrected chi connectivity index (χ1v) is 9.70. The number of anilines is 1. The molecule has 1 aromatic carbocycles. The summed E-state index contributed by atoms with van der Waals surface area (Å²) < 4.78 is 5.50. The van der Waals surface area contributed by atoms with E-state index in [0.29, 0.717) is 0 Å². The minimum absolute atomic E-state index is 0.148. The van der Waals surface area contributed by atoms with E-state index in [9.17, 15) is 4.79 Å². The molecule has 0 N–H and O–H groups in total. The van der Waals surface area contributed by atoms with Gasteiger partial charge in [0.05, 0.1) is 0 Å². The van der Waals surface area contributed by atoms with Crippen molar-refractivity contribution in [3.63, 3.8) is 0 Å². The molecule has 0 spiro atoms. The minimum atomic E-state index is -0.405. The molecule has 0 aromatic heterocycles. The molecule has 2 aliphatic heterocycles. The second-order valence-electron chi connectivity index (χ2n) is 8.46. The van der Waals surface area contributed by atoms with Gasteiger partial charge < -0.3 is 14.5 Å². The quantitative estimate of drug-likeness (QED) is 0.789. The summed E-state index contributed by atoms with van der Waals surface area (Å²) in [5.41, 5.74) is 0.943. The lowest BCUT2D eigenvalue weighted by atomic mass is 9.79. The zero-order valence-corrected chi connectivity index (χ0v) is 15.9. The van der Waals surface area contributed by atoms with Crippen LogP contribution in [0, 0.1) is 11.8 Å². The molecule has 0 aliphatic carbocycles. The first-order chi connectivity index (χ1) is 11.9. The topological polar surface area (TPSA) is 32.8 Å². The molecule has 4 heteroatoms. The molecule has 0 radical (unpaired) electrons. The molecule has 3 rings (SSSR count). The van der Waals surface area contributed by atoms with E-state index in [1.165, 1.54) is 18.5 Å². The van der Waals surface area contributed by atoms with Crippen molar-refractivity contribution in [2.75, 3.05) is 31.1 Å². The van der Waals surface area contributed by atoms with Crippen LogP contribution in [0.2, 0.25) is 0 Å². The summed E-state index contributed by atoms with van der Waals surface area (Å²) in [4.78, 5) is 16.6. The summed E-state index contributed by atoms with van der Waals surface area (Å²) >= 11 is 0. The molecule has 0 atom stereocenters. The predicted molar refractivity (Wildman–Crippen MR) is 102 cm³/mol. The van der Waals surface area contributed by atoms with E-state index in [2.05, 4.69) is 35.2 Å². The Hall–Kier alpha value is -1.71. The van der Waals surface area contributed by atoms with Crippen molar-refractivity contribution in [3.05, 3.63) is 30.3 Å². The van der Waals surface area contributed by atoms with Gasteiger partial charge in [0, 0.05) is 31.9 Å². The van der Waals surface area contributed by atoms with Gasteiger partial charge in [0.2, 0.25) is 0 Å². The van der Waals surface area contributed by atoms with E-state index in [1.807, 2.05) is 25.7 Å². The van der Waals surface area contributed by atoms with Crippen molar-refractivity contribution in [3.8, 4) is 0 Å². The second-order valence-corrected chi connectivity index (χ2v) is 8.46. The summed E-state index contributed by atoms with van der Waals surface area (Å²) in [7, 11) is 0. The van der Waals surface area contributed by atoms with E-state index >= 15 is 0 Å². The lowest BCUT2D eigenvalue weighted by Gasteiger charge is -2.41. The van der Waals surface area contributed by atoms with Crippen LogP contribution in [0.4, 0.5) is 10.5 Å². The Morgan fingerprint density at radius 2 is 1.44 bits per heavy atom. The fourth-order valence-electron chi connectivity index (χ4n) is 4.15. The summed E-state index contributed by atoms with van der Waals surface area (Å²) in [5, 5.41) is 0. The molecule has 4 nitrogen and oxygen atoms in total. The maximum atomic E-state index is 12.2. The van der Waals surface area contributed by atoms with E-state index in [1.54, 1.807) is 0 Å². The second kappa shape index (κ2) is 7.67. The first kappa shape index (κ1) is 18.1. The number of ether oxygens (including phenoxy) is 1. The highest BCUT2D eigenvalue weighted by molar-refractivity contribution is 5.68. The number of likely N-dealkylation sites (tertiary alicyclic amines) is 1. The molecule has 0 bridgehead atoms. The third kappa shape index (κ3) is 4.90. The van der Waals surface area contributed by atoms with Crippen LogP contribution in [0.1, 0.15) is 46.5 Å². The zero-order chi connectivity index (χ0) is 17.9. The van der Waals surface area contributed by atoms with E-state index in [-0.39, 0.29) is 6.09 Å². The average Bonchev–Trinajstić information content (AvgIpc) is 2.61. The lowest BCUT2D eigenvalue weighted by molar-refractivity contribution is 0.0152. The van der Waals surface area contributed by atoms with Gasteiger partial charge in [0.25, 0.3) is 0 Å². The van der Waals surface area contributed by atoms with Gasteiger partial charge in [0.1, 0.15) is 5.60 Å². The number of carbonyl (C=O) groups excluding carboxylic acids is 1. The van der Waals surface area contributed by atoms with Crippen molar-refractivity contribution in [2.45, 2.75) is 52.1 Å². The SMILES string of the molecule is CC(C)(C)OC(=O)N1CCC(C2CCN(c3ccccc3)CC2)CC1. The van der Waals surface area contributed by atoms with Crippen molar-refractivity contribution in [1.82, 2.24) is 4.90 Å². The molecule has 2 heterocycles. The largest absolute Gasteiger partial charge is 0.444 e. The first-order valence-electron chi connectivity index (χ1n) is 9.70. The fraction of sp³-hybridized carbons (Fsp3) is 0.667. The molecule has 2 aliphatic rings. The summed E-state index contributed by atoms with van der Waals surface area (Å²) in [6.07, 6.45) is 4.63. The standard InChI is InChI=1S/C21H32N2O2/c1-21(2,3)25-20(24)23-15-11-18(12-16-23)17-9-13-22(14-10-17)19-7-5-4-6-8-19/h4-8,17-18H,9-16H2,1-3H3. The Balaban J connectivity index is 1.44. The molecule has 0 saturated carbocycles. The molecule has 0 unspecified atom stereocenters. The van der Waals surface area contributed by atoms with Gasteiger partial charge in [-0.25, -0.2) is 4.79 Å². The fourth-order valence-corrected chi connectivity index (χ4v) is 4.15. The van der Waals surface area contributed by atoms with Crippen LogP contribution in [0.25, 0.3) is 0 Å². The van der Waals surface area contributed by atoms with Crippen molar-refractivity contribution >= 4 is 11.8 Å². The van der Waals surface area contributed by atoms with Crippen molar-refractivity contribution in [2.24, 2.45) is 11.8 Å². The van der Waals surface area contributed by atoms with E-state index in [0.717, 1.165) is 50.9 Å². The van der Waals surface area contributed by atoms with E-state index in [4.69, 9.17) is 4.74 Å². The van der Waals surface area contributed by atoms with Gasteiger partial charge in [-0.05, 0) is 70.4 Å². The molecule has 138 valence electrons. The molecule has 2 saturated heterocycles. The monoisotopic (exact) mass is 344 g/mol. The number of nitrogens with zero attached hydrogens (tertiary/aromatic N) is 2. The Labute approximate surface area is 152 Å². The molecule has 25 heavy (non-hydrogen) atoms. The van der Waals surface area contributed by atoms with E-state index < -0.39 is 5.60 Å². The van der Waals surface area contributed by atoms with Gasteiger partial charge >= 0.3 is 6.09 Å². The normalized spacial score (nSPS) is 20.6. The van der Waals surface area contributed by atoms with Gasteiger partial charge in [-0.3, -0.25) is 0 Å². The number of carbonyl (C=O) groups is 1. The average molecular weight is 344 g/mol. The summed E-state index contributed by atoms with van der Waals surface area (Å²) in [5.74, 6) is 1.57. The molecular weight excluding hydrogens is 312 g/mol. The Morgan fingerprint density at radius 3 is 1.96 bits per heavy atom. The highest BCUT2D eigenvalue weighted by atomic mass is 16.6. The van der Waals surface area contributed by atoms with Crippen LogP contribution in [0.15, 0.2) is 30.3 Å². The van der Waals surface area contributed by atoms with Crippen molar-refractivity contribution < 1.29 is 9.53 Å². The lowest BCUT2D eigenvalue weighted by Crippen LogP contribution is -2.44. The number of rotatable bonds is 2. The Kier molecular flexibility index (Phi) is 5.55. The van der Waals surface area contributed by atoms with Crippen LogP contribution in [-0.2, 0) is 4.74 Å².